The first-order valence-corrected chi connectivity index (χ1v) is 6.38. The average molecular weight is 218 g/mol. The minimum atomic E-state index is -0.238. The van der Waals surface area contributed by atoms with Crippen molar-refractivity contribution < 1.29 is 5.11 Å². The van der Waals surface area contributed by atoms with Crippen LogP contribution in [0.4, 0.5) is 0 Å². The number of fused-ring (bicyclic) bond motifs is 1. The summed E-state index contributed by atoms with van der Waals surface area (Å²) in [5.41, 5.74) is 3.89. The zero-order chi connectivity index (χ0) is 11.7. The molecule has 1 aromatic carbocycles. The molecule has 1 heteroatoms. The summed E-state index contributed by atoms with van der Waals surface area (Å²) in [6.07, 6.45) is 2.89. The SMILES string of the molecule is CC(C)Cc1ccc2c(c1)[C@@H](O)CCC2C. The van der Waals surface area contributed by atoms with Crippen LogP contribution >= 0.6 is 0 Å². The van der Waals surface area contributed by atoms with Crippen LogP contribution < -0.4 is 0 Å². The standard InChI is InChI=1S/C15H22O/c1-10(2)8-12-5-6-13-11(3)4-7-15(16)14(13)9-12/h5-6,9-11,15-16H,4,7-8H2,1-3H3/t11?,15-/m0/s1. The topological polar surface area (TPSA) is 20.2 Å². The van der Waals surface area contributed by atoms with Gasteiger partial charge in [-0.3, -0.25) is 0 Å². The molecule has 0 fully saturated rings. The summed E-state index contributed by atoms with van der Waals surface area (Å²) in [5.74, 6) is 1.28. The lowest BCUT2D eigenvalue weighted by molar-refractivity contribution is 0.151. The van der Waals surface area contributed by atoms with Gasteiger partial charge in [0.1, 0.15) is 0 Å². The minimum absolute atomic E-state index is 0.238. The molecular formula is C15H22O. The van der Waals surface area contributed by atoms with Gasteiger partial charge < -0.3 is 5.11 Å². The van der Waals surface area contributed by atoms with Crippen LogP contribution in [0.1, 0.15) is 62.3 Å². The van der Waals surface area contributed by atoms with Gasteiger partial charge >= 0.3 is 0 Å². The fraction of sp³-hybridized carbons (Fsp3) is 0.600. The second-order valence-corrected chi connectivity index (χ2v) is 5.56. The Kier molecular flexibility index (Phi) is 3.34. The zero-order valence-electron chi connectivity index (χ0n) is 10.5. The molecule has 0 saturated heterocycles. The molecule has 0 spiro atoms. The highest BCUT2D eigenvalue weighted by Gasteiger charge is 2.23. The predicted molar refractivity (Wildman–Crippen MR) is 67.6 cm³/mol. The van der Waals surface area contributed by atoms with Gasteiger partial charge in [0.15, 0.2) is 0 Å². The first kappa shape index (κ1) is 11.7. The molecule has 1 N–H and O–H groups in total. The van der Waals surface area contributed by atoms with Crippen molar-refractivity contribution in [1.29, 1.82) is 0 Å². The summed E-state index contributed by atoms with van der Waals surface area (Å²) in [5, 5.41) is 10.0. The number of hydrogen-bond donors (Lipinski definition) is 1. The summed E-state index contributed by atoms with van der Waals surface area (Å²) < 4.78 is 0. The van der Waals surface area contributed by atoms with Crippen molar-refractivity contribution in [3.63, 3.8) is 0 Å². The molecular weight excluding hydrogens is 196 g/mol. The van der Waals surface area contributed by atoms with Crippen LogP contribution in [0.25, 0.3) is 0 Å². The zero-order valence-corrected chi connectivity index (χ0v) is 10.5. The van der Waals surface area contributed by atoms with Gasteiger partial charge in [0.25, 0.3) is 0 Å². The van der Waals surface area contributed by atoms with E-state index in [2.05, 4.69) is 39.0 Å². The van der Waals surface area contributed by atoms with Crippen molar-refractivity contribution in [3.8, 4) is 0 Å². The number of hydrogen-bond acceptors (Lipinski definition) is 1. The summed E-state index contributed by atoms with van der Waals surface area (Å²) in [4.78, 5) is 0. The van der Waals surface area contributed by atoms with Crippen LogP contribution in [0.15, 0.2) is 18.2 Å². The number of aliphatic hydroxyl groups excluding tert-OH is 1. The highest BCUT2D eigenvalue weighted by atomic mass is 16.3. The fourth-order valence-corrected chi connectivity index (χ4v) is 2.68. The lowest BCUT2D eigenvalue weighted by atomic mass is 9.81. The molecule has 0 radical (unpaired) electrons. The molecule has 0 bridgehead atoms. The van der Waals surface area contributed by atoms with E-state index in [1.54, 1.807) is 0 Å². The normalized spacial score (nSPS) is 24.6. The number of rotatable bonds is 2. The molecule has 1 aliphatic rings. The summed E-state index contributed by atoms with van der Waals surface area (Å²) >= 11 is 0. The lowest BCUT2D eigenvalue weighted by Gasteiger charge is -2.27. The Labute approximate surface area is 98.5 Å². The second-order valence-electron chi connectivity index (χ2n) is 5.56. The number of benzene rings is 1. The molecule has 2 rings (SSSR count). The molecule has 1 aliphatic carbocycles. The van der Waals surface area contributed by atoms with Crippen LogP contribution in [-0.4, -0.2) is 5.11 Å². The van der Waals surface area contributed by atoms with Gasteiger partial charge in [-0.2, -0.15) is 0 Å². The maximum absolute atomic E-state index is 10.0. The maximum atomic E-state index is 10.0. The van der Waals surface area contributed by atoms with E-state index < -0.39 is 0 Å². The van der Waals surface area contributed by atoms with E-state index in [1.165, 1.54) is 16.7 Å². The van der Waals surface area contributed by atoms with Gasteiger partial charge in [0.2, 0.25) is 0 Å². The van der Waals surface area contributed by atoms with E-state index >= 15 is 0 Å². The maximum Gasteiger partial charge on any atom is 0.0793 e. The van der Waals surface area contributed by atoms with Gasteiger partial charge in [0, 0.05) is 0 Å². The van der Waals surface area contributed by atoms with Crippen LogP contribution in [0, 0.1) is 5.92 Å². The third kappa shape index (κ3) is 2.30. The van der Waals surface area contributed by atoms with E-state index in [9.17, 15) is 5.11 Å². The van der Waals surface area contributed by atoms with Gasteiger partial charge in [-0.05, 0) is 47.8 Å². The molecule has 88 valence electrons. The Hall–Kier alpha value is -0.820. The quantitative estimate of drug-likeness (QED) is 0.800. The van der Waals surface area contributed by atoms with Crippen molar-refractivity contribution >= 4 is 0 Å². The molecule has 0 amide bonds. The van der Waals surface area contributed by atoms with Gasteiger partial charge in [-0.1, -0.05) is 39.0 Å². The van der Waals surface area contributed by atoms with Crippen molar-refractivity contribution in [2.75, 3.05) is 0 Å². The summed E-state index contributed by atoms with van der Waals surface area (Å²) in [6.45, 7) is 6.73. The van der Waals surface area contributed by atoms with Crippen molar-refractivity contribution in [3.05, 3.63) is 34.9 Å². The first-order chi connectivity index (χ1) is 7.58. The highest BCUT2D eigenvalue weighted by molar-refractivity contribution is 5.37. The van der Waals surface area contributed by atoms with Gasteiger partial charge in [-0.15, -0.1) is 0 Å². The van der Waals surface area contributed by atoms with Crippen molar-refractivity contribution in [2.45, 2.75) is 52.1 Å². The van der Waals surface area contributed by atoms with E-state index in [4.69, 9.17) is 0 Å². The molecule has 1 aromatic rings. The lowest BCUT2D eigenvalue weighted by Crippen LogP contribution is -2.13. The molecule has 0 aromatic heterocycles. The Bertz CT molecular complexity index is 368. The summed E-state index contributed by atoms with van der Waals surface area (Å²) in [7, 11) is 0. The molecule has 16 heavy (non-hydrogen) atoms. The van der Waals surface area contributed by atoms with Crippen LogP contribution in [0.3, 0.4) is 0 Å². The second kappa shape index (κ2) is 4.58. The number of aliphatic hydroxyl groups is 1. The monoisotopic (exact) mass is 218 g/mol. The van der Waals surface area contributed by atoms with E-state index in [0.717, 1.165) is 19.3 Å². The first-order valence-electron chi connectivity index (χ1n) is 6.38. The van der Waals surface area contributed by atoms with Gasteiger partial charge in [0.05, 0.1) is 6.10 Å². The molecule has 2 atom stereocenters. The Morgan fingerprint density at radius 2 is 2.00 bits per heavy atom. The Morgan fingerprint density at radius 3 is 2.69 bits per heavy atom. The molecule has 0 aliphatic heterocycles. The van der Waals surface area contributed by atoms with Crippen LogP contribution in [0.5, 0.6) is 0 Å². The van der Waals surface area contributed by atoms with E-state index in [-0.39, 0.29) is 6.10 Å². The van der Waals surface area contributed by atoms with Crippen LogP contribution in [0.2, 0.25) is 0 Å². The van der Waals surface area contributed by atoms with Crippen molar-refractivity contribution in [2.24, 2.45) is 5.92 Å². The van der Waals surface area contributed by atoms with Gasteiger partial charge in [-0.25, -0.2) is 0 Å². The molecule has 1 unspecified atom stereocenters. The average Bonchev–Trinajstić information content (AvgIpc) is 2.23. The summed E-state index contributed by atoms with van der Waals surface area (Å²) in [6, 6.07) is 6.67. The molecule has 0 heterocycles. The Morgan fingerprint density at radius 1 is 1.25 bits per heavy atom. The van der Waals surface area contributed by atoms with Crippen LogP contribution in [-0.2, 0) is 6.42 Å². The Balaban J connectivity index is 2.32. The van der Waals surface area contributed by atoms with E-state index in [0.29, 0.717) is 11.8 Å². The highest BCUT2D eigenvalue weighted by Crippen LogP contribution is 2.37. The largest absolute Gasteiger partial charge is 0.388 e. The smallest absolute Gasteiger partial charge is 0.0793 e. The minimum Gasteiger partial charge on any atom is -0.388 e. The molecule has 0 saturated carbocycles. The van der Waals surface area contributed by atoms with E-state index in [1.807, 2.05) is 0 Å². The van der Waals surface area contributed by atoms with Crippen molar-refractivity contribution in [1.82, 2.24) is 0 Å². The molecule has 1 nitrogen and oxygen atoms in total. The predicted octanol–water partition coefficient (Wildman–Crippen LogP) is 3.82. The third-order valence-electron chi connectivity index (χ3n) is 3.56. The fourth-order valence-electron chi connectivity index (χ4n) is 2.68. The third-order valence-corrected chi connectivity index (χ3v) is 3.56.